The van der Waals surface area contributed by atoms with Gasteiger partial charge in [-0.05, 0) is 69.6 Å². The number of nitrogens with one attached hydrogen (secondary N) is 2. The Hall–Kier alpha value is -3.24. The summed E-state index contributed by atoms with van der Waals surface area (Å²) in [6.07, 6.45) is 11.3. The Bertz CT molecular complexity index is 1610. The standard InChI is InChI=1S/C40H48Cl2N4O4/c1-47-30-15-11-28(12-16-30)44-23-26-9-8-25(22-36(26)49-3)39-38(42)33(20-21-43-39)32-6-5-7-34(37(32)41)35-19-10-27(40(46-35)50-4)24-45-29-13-17-31(48-2)18-14-29/h5-10,19-22,28-31,44-45H,11-18,23-24H2,1-4H3/t28-,29-,30-,31+. The van der Waals surface area contributed by atoms with Gasteiger partial charge in [-0.2, -0.15) is 0 Å². The molecule has 2 aliphatic carbocycles. The third kappa shape index (κ3) is 8.44. The molecule has 2 N–H and O–H groups in total. The molecule has 0 atom stereocenters. The molecule has 0 amide bonds. The van der Waals surface area contributed by atoms with Crippen LogP contribution in [-0.4, -0.2) is 62.7 Å². The summed E-state index contributed by atoms with van der Waals surface area (Å²) in [7, 11) is 6.95. The first-order valence-electron chi connectivity index (χ1n) is 17.6. The molecule has 2 heterocycles. The Morgan fingerprint density at radius 3 is 1.88 bits per heavy atom. The molecule has 0 bridgehead atoms. The predicted octanol–water partition coefficient (Wildman–Crippen LogP) is 8.90. The van der Waals surface area contributed by atoms with Crippen molar-refractivity contribution < 1.29 is 18.9 Å². The summed E-state index contributed by atoms with van der Waals surface area (Å²) in [6.45, 7) is 1.40. The summed E-state index contributed by atoms with van der Waals surface area (Å²) in [6, 6.07) is 18.9. The molecule has 2 aromatic carbocycles. The Balaban J connectivity index is 1.19. The van der Waals surface area contributed by atoms with Gasteiger partial charge in [0.2, 0.25) is 5.88 Å². The van der Waals surface area contributed by atoms with E-state index >= 15 is 0 Å². The smallest absolute Gasteiger partial charge is 0.218 e. The minimum atomic E-state index is 0.372. The number of benzene rings is 2. The third-order valence-corrected chi connectivity index (χ3v) is 11.1. The number of rotatable bonds is 13. The lowest BCUT2D eigenvalue weighted by Crippen LogP contribution is -2.34. The molecule has 8 nitrogen and oxygen atoms in total. The lowest BCUT2D eigenvalue weighted by molar-refractivity contribution is 0.0623. The van der Waals surface area contributed by atoms with Crippen LogP contribution in [0.15, 0.2) is 60.8 Å². The van der Waals surface area contributed by atoms with Crippen molar-refractivity contribution in [2.75, 3.05) is 28.4 Å². The number of halogens is 2. The molecule has 0 spiro atoms. The number of pyridine rings is 2. The van der Waals surface area contributed by atoms with Gasteiger partial charge in [0.05, 0.1) is 47.9 Å². The second-order valence-corrected chi connectivity index (χ2v) is 14.0. The zero-order valence-corrected chi connectivity index (χ0v) is 30.9. The third-order valence-electron chi connectivity index (χ3n) is 10.3. The molecule has 2 aromatic heterocycles. The van der Waals surface area contributed by atoms with E-state index in [9.17, 15) is 0 Å². The lowest BCUT2D eigenvalue weighted by atomic mass is 9.93. The predicted molar refractivity (Wildman–Crippen MR) is 201 cm³/mol. The van der Waals surface area contributed by atoms with Gasteiger partial charge < -0.3 is 29.6 Å². The van der Waals surface area contributed by atoms with E-state index in [0.717, 1.165) is 103 Å². The Kier molecular flexibility index (Phi) is 12.7. The van der Waals surface area contributed by atoms with Gasteiger partial charge in [0.25, 0.3) is 0 Å². The highest BCUT2D eigenvalue weighted by Gasteiger charge is 2.23. The Morgan fingerprint density at radius 2 is 1.26 bits per heavy atom. The van der Waals surface area contributed by atoms with E-state index in [-0.39, 0.29) is 0 Å². The average Bonchev–Trinajstić information content (AvgIpc) is 3.17. The molecule has 50 heavy (non-hydrogen) atoms. The highest BCUT2D eigenvalue weighted by molar-refractivity contribution is 6.39. The van der Waals surface area contributed by atoms with Crippen LogP contribution in [0.4, 0.5) is 0 Å². The van der Waals surface area contributed by atoms with Gasteiger partial charge in [0.1, 0.15) is 5.75 Å². The van der Waals surface area contributed by atoms with Crippen molar-refractivity contribution in [3.63, 3.8) is 0 Å². The first-order valence-corrected chi connectivity index (χ1v) is 18.3. The van der Waals surface area contributed by atoms with E-state index in [0.29, 0.717) is 52.5 Å². The van der Waals surface area contributed by atoms with Crippen molar-refractivity contribution in [3.05, 3.63) is 82.0 Å². The molecule has 6 rings (SSSR count). The van der Waals surface area contributed by atoms with Crippen LogP contribution in [0.3, 0.4) is 0 Å². The van der Waals surface area contributed by atoms with Gasteiger partial charge in [0, 0.05) is 79.0 Å². The van der Waals surface area contributed by atoms with Crippen molar-refractivity contribution >= 4 is 23.2 Å². The van der Waals surface area contributed by atoms with E-state index in [1.165, 1.54) is 0 Å². The maximum atomic E-state index is 7.14. The molecular formula is C40H48Cl2N4O4. The first-order chi connectivity index (χ1) is 24.4. The van der Waals surface area contributed by atoms with Crippen LogP contribution in [0.5, 0.6) is 11.6 Å². The second-order valence-electron chi connectivity index (χ2n) is 13.3. The molecule has 4 aromatic rings. The van der Waals surface area contributed by atoms with Crippen molar-refractivity contribution in [3.8, 4) is 45.3 Å². The topological polar surface area (TPSA) is 86.8 Å². The van der Waals surface area contributed by atoms with E-state index in [2.05, 4.69) is 33.8 Å². The molecule has 0 saturated heterocycles. The minimum absolute atomic E-state index is 0.372. The van der Waals surface area contributed by atoms with E-state index < -0.39 is 0 Å². The number of nitrogens with zero attached hydrogens (tertiary/aromatic N) is 2. The minimum Gasteiger partial charge on any atom is -0.496 e. The average molecular weight is 720 g/mol. The van der Waals surface area contributed by atoms with Crippen LogP contribution in [0.25, 0.3) is 33.6 Å². The fourth-order valence-corrected chi connectivity index (χ4v) is 7.92. The zero-order chi connectivity index (χ0) is 35.0. The molecule has 0 unspecified atom stereocenters. The number of aromatic nitrogens is 2. The highest BCUT2D eigenvalue weighted by atomic mass is 35.5. The van der Waals surface area contributed by atoms with E-state index in [1.807, 2.05) is 36.4 Å². The van der Waals surface area contributed by atoms with Crippen molar-refractivity contribution in [2.45, 2.75) is 88.7 Å². The number of ether oxygens (including phenoxy) is 4. The van der Waals surface area contributed by atoms with Crippen LogP contribution in [0.2, 0.25) is 10.0 Å². The summed E-state index contributed by atoms with van der Waals surface area (Å²) >= 11 is 14.3. The maximum absolute atomic E-state index is 7.14. The maximum Gasteiger partial charge on any atom is 0.218 e. The number of methoxy groups -OCH3 is 4. The monoisotopic (exact) mass is 718 g/mol. The largest absolute Gasteiger partial charge is 0.496 e. The SMILES string of the molecule is COc1cc(-c2nccc(-c3cccc(-c4ccc(CN[C@H]5CC[C@@H](OC)CC5)c(OC)n4)c3Cl)c2Cl)ccc1CN[C@H]1CC[C@H](OC)CC1. The zero-order valence-electron chi connectivity index (χ0n) is 29.4. The van der Waals surface area contributed by atoms with Gasteiger partial charge >= 0.3 is 0 Å². The lowest BCUT2D eigenvalue weighted by Gasteiger charge is -2.28. The molecule has 0 radical (unpaired) electrons. The summed E-state index contributed by atoms with van der Waals surface area (Å²) in [5, 5.41) is 8.45. The summed E-state index contributed by atoms with van der Waals surface area (Å²) in [5.74, 6) is 1.37. The summed E-state index contributed by atoms with van der Waals surface area (Å²) < 4.78 is 22.6. The van der Waals surface area contributed by atoms with Crippen molar-refractivity contribution in [1.29, 1.82) is 0 Å². The molecule has 2 saturated carbocycles. The van der Waals surface area contributed by atoms with Crippen molar-refractivity contribution in [2.24, 2.45) is 0 Å². The van der Waals surface area contributed by atoms with E-state index in [4.69, 9.17) is 47.1 Å². The van der Waals surface area contributed by atoms with Gasteiger partial charge in [-0.3, -0.25) is 4.98 Å². The fraction of sp³-hybridized carbons (Fsp3) is 0.450. The van der Waals surface area contributed by atoms with Crippen LogP contribution in [0.1, 0.15) is 62.5 Å². The van der Waals surface area contributed by atoms with Crippen molar-refractivity contribution in [1.82, 2.24) is 20.6 Å². The van der Waals surface area contributed by atoms with Crippen LogP contribution >= 0.6 is 23.2 Å². The van der Waals surface area contributed by atoms with Crippen LogP contribution in [0, 0.1) is 0 Å². The first kappa shape index (κ1) is 36.5. The summed E-state index contributed by atoms with van der Waals surface area (Å²) in [5.41, 5.74) is 6.73. The Morgan fingerprint density at radius 1 is 0.660 bits per heavy atom. The van der Waals surface area contributed by atoms with Gasteiger partial charge in [-0.25, -0.2) is 4.98 Å². The Labute approximate surface area is 306 Å². The molecule has 10 heteroatoms. The molecule has 2 aliphatic rings. The quantitative estimate of drug-likeness (QED) is 0.142. The highest BCUT2D eigenvalue weighted by Crippen LogP contribution is 2.42. The molecule has 266 valence electrons. The van der Waals surface area contributed by atoms with Gasteiger partial charge in [-0.15, -0.1) is 0 Å². The number of hydrogen-bond donors (Lipinski definition) is 2. The molecule has 2 fully saturated rings. The number of hydrogen-bond acceptors (Lipinski definition) is 8. The summed E-state index contributed by atoms with van der Waals surface area (Å²) in [4.78, 5) is 9.55. The fourth-order valence-electron chi connectivity index (χ4n) is 7.27. The van der Waals surface area contributed by atoms with E-state index in [1.54, 1.807) is 34.6 Å². The molecular weight excluding hydrogens is 671 g/mol. The van der Waals surface area contributed by atoms with Gasteiger partial charge in [-0.1, -0.05) is 59.6 Å². The van der Waals surface area contributed by atoms with Crippen LogP contribution in [-0.2, 0) is 22.6 Å². The van der Waals surface area contributed by atoms with Crippen LogP contribution < -0.4 is 20.1 Å². The normalized spacial score (nSPS) is 20.8. The molecule has 0 aliphatic heterocycles. The second kappa shape index (κ2) is 17.3. The van der Waals surface area contributed by atoms with Gasteiger partial charge in [0.15, 0.2) is 0 Å².